The van der Waals surface area contributed by atoms with E-state index in [0.717, 1.165) is 42.8 Å². The van der Waals surface area contributed by atoms with Crippen molar-refractivity contribution in [3.05, 3.63) is 46.7 Å². The summed E-state index contributed by atoms with van der Waals surface area (Å²) in [6.07, 6.45) is 4.74. The second-order valence-corrected chi connectivity index (χ2v) is 6.63. The van der Waals surface area contributed by atoms with Crippen molar-refractivity contribution in [2.75, 3.05) is 6.54 Å². The van der Waals surface area contributed by atoms with Crippen molar-refractivity contribution in [3.63, 3.8) is 0 Å². The molecule has 3 aromatic rings. The third-order valence-electron chi connectivity index (χ3n) is 4.91. The van der Waals surface area contributed by atoms with Gasteiger partial charge in [0.15, 0.2) is 5.65 Å². The first-order valence-corrected chi connectivity index (χ1v) is 8.61. The van der Waals surface area contributed by atoms with E-state index >= 15 is 0 Å². The van der Waals surface area contributed by atoms with Gasteiger partial charge in [-0.15, -0.1) is 0 Å². The fourth-order valence-electron chi connectivity index (χ4n) is 3.68. The summed E-state index contributed by atoms with van der Waals surface area (Å²) in [5.74, 6) is 0.552. The number of carbonyl (C=O) groups excluding carboxylic acids is 1. The first-order valence-electron chi connectivity index (χ1n) is 8.61. The lowest BCUT2D eigenvalue weighted by atomic mass is 9.97. The average molecular weight is 339 g/mol. The van der Waals surface area contributed by atoms with Crippen LogP contribution in [0.25, 0.3) is 5.65 Å². The molecule has 0 radical (unpaired) electrons. The first-order chi connectivity index (χ1) is 12.1. The summed E-state index contributed by atoms with van der Waals surface area (Å²) in [6, 6.07) is 3.89. The summed E-state index contributed by atoms with van der Waals surface area (Å²) in [5, 5.41) is 8.20. The van der Waals surface area contributed by atoms with Crippen LogP contribution >= 0.6 is 0 Å². The topological polar surface area (TPSA) is 76.5 Å². The third kappa shape index (κ3) is 2.59. The number of aromatic nitrogens is 4. The normalized spacial score (nSPS) is 18.0. The maximum absolute atomic E-state index is 13.2. The highest BCUT2D eigenvalue weighted by Crippen LogP contribution is 2.32. The minimum Gasteiger partial charge on any atom is -0.361 e. The van der Waals surface area contributed by atoms with Crippen molar-refractivity contribution in [1.29, 1.82) is 0 Å². The van der Waals surface area contributed by atoms with Crippen LogP contribution in [0.4, 0.5) is 0 Å². The number of carbonyl (C=O) groups is 1. The van der Waals surface area contributed by atoms with E-state index in [9.17, 15) is 4.79 Å². The zero-order chi connectivity index (χ0) is 17.6. The summed E-state index contributed by atoms with van der Waals surface area (Å²) < 4.78 is 7.00. The maximum atomic E-state index is 13.2. The molecule has 1 atom stereocenters. The molecule has 7 nitrogen and oxygen atoms in total. The van der Waals surface area contributed by atoms with Gasteiger partial charge in [0.1, 0.15) is 11.3 Å². The second-order valence-electron chi connectivity index (χ2n) is 6.63. The highest BCUT2D eigenvalue weighted by Gasteiger charge is 2.32. The van der Waals surface area contributed by atoms with Gasteiger partial charge in [0.25, 0.3) is 5.91 Å². The molecule has 0 unspecified atom stereocenters. The molecule has 7 heteroatoms. The molecular weight excluding hydrogens is 318 g/mol. The van der Waals surface area contributed by atoms with E-state index in [1.54, 1.807) is 13.1 Å². The molecule has 3 aromatic heterocycles. The van der Waals surface area contributed by atoms with Crippen molar-refractivity contribution >= 4 is 11.6 Å². The average Bonchev–Trinajstić information content (AvgIpc) is 3.21. The Morgan fingerprint density at radius 2 is 2.12 bits per heavy atom. The Balaban J connectivity index is 1.74. The van der Waals surface area contributed by atoms with Gasteiger partial charge >= 0.3 is 0 Å². The van der Waals surface area contributed by atoms with Crippen molar-refractivity contribution in [2.24, 2.45) is 0 Å². The molecule has 0 spiro atoms. The molecule has 4 heterocycles. The summed E-state index contributed by atoms with van der Waals surface area (Å²) in [7, 11) is 0. The van der Waals surface area contributed by atoms with Gasteiger partial charge < -0.3 is 9.42 Å². The van der Waals surface area contributed by atoms with Crippen molar-refractivity contribution in [2.45, 2.75) is 46.1 Å². The van der Waals surface area contributed by atoms with Crippen molar-refractivity contribution < 1.29 is 9.32 Å². The van der Waals surface area contributed by atoms with E-state index in [1.807, 2.05) is 35.4 Å². The van der Waals surface area contributed by atoms with Gasteiger partial charge in [-0.1, -0.05) is 5.16 Å². The molecular formula is C18H21N5O2. The number of aryl methyl sites for hydroxylation is 3. The van der Waals surface area contributed by atoms with Gasteiger partial charge in [-0.25, -0.2) is 9.50 Å². The van der Waals surface area contributed by atoms with Gasteiger partial charge in [0.05, 0.1) is 23.6 Å². The maximum Gasteiger partial charge on any atom is 0.259 e. The fourth-order valence-corrected chi connectivity index (χ4v) is 3.68. The molecule has 0 bridgehead atoms. The number of hydrogen-bond acceptors (Lipinski definition) is 5. The number of rotatable bonds is 2. The Hall–Kier alpha value is -2.70. The highest BCUT2D eigenvalue weighted by molar-refractivity contribution is 5.96. The van der Waals surface area contributed by atoms with Crippen LogP contribution in [0, 0.1) is 20.8 Å². The van der Waals surface area contributed by atoms with Crippen LogP contribution in [-0.2, 0) is 0 Å². The Morgan fingerprint density at radius 3 is 2.88 bits per heavy atom. The van der Waals surface area contributed by atoms with Crippen LogP contribution in [0.5, 0.6) is 0 Å². The van der Waals surface area contributed by atoms with Gasteiger partial charge in [0, 0.05) is 18.3 Å². The van der Waals surface area contributed by atoms with Crippen molar-refractivity contribution in [1.82, 2.24) is 24.7 Å². The predicted octanol–water partition coefficient (Wildman–Crippen LogP) is 3.01. The second kappa shape index (κ2) is 5.98. The Morgan fingerprint density at radius 1 is 1.28 bits per heavy atom. The third-order valence-corrected chi connectivity index (χ3v) is 4.91. The van der Waals surface area contributed by atoms with E-state index in [4.69, 9.17) is 9.51 Å². The van der Waals surface area contributed by atoms with Crippen LogP contribution < -0.4 is 0 Å². The first kappa shape index (κ1) is 15.8. The molecule has 0 saturated carbocycles. The van der Waals surface area contributed by atoms with Crippen LogP contribution in [0.15, 0.2) is 22.9 Å². The molecule has 130 valence electrons. The van der Waals surface area contributed by atoms with E-state index < -0.39 is 0 Å². The molecule has 1 aliphatic heterocycles. The Labute approximate surface area is 145 Å². The van der Waals surface area contributed by atoms with Gasteiger partial charge in [-0.2, -0.15) is 5.10 Å². The molecule has 0 aromatic carbocycles. The predicted molar refractivity (Wildman–Crippen MR) is 91.3 cm³/mol. The highest BCUT2D eigenvalue weighted by atomic mass is 16.5. The van der Waals surface area contributed by atoms with Crippen LogP contribution in [0.1, 0.15) is 58.5 Å². The fraction of sp³-hybridized carbons (Fsp3) is 0.444. The van der Waals surface area contributed by atoms with Crippen LogP contribution in [-0.4, -0.2) is 37.1 Å². The molecule has 1 saturated heterocycles. The van der Waals surface area contributed by atoms with Crippen LogP contribution in [0.3, 0.4) is 0 Å². The van der Waals surface area contributed by atoms with Gasteiger partial charge in [0.2, 0.25) is 0 Å². The lowest BCUT2D eigenvalue weighted by Gasteiger charge is -2.35. The minimum atomic E-state index is -0.0337. The smallest absolute Gasteiger partial charge is 0.259 e. The summed E-state index contributed by atoms with van der Waals surface area (Å²) in [4.78, 5) is 19.8. The zero-order valence-electron chi connectivity index (χ0n) is 14.7. The van der Waals surface area contributed by atoms with Crippen molar-refractivity contribution in [3.8, 4) is 0 Å². The Bertz CT molecular complexity index is 923. The number of hydrogen-bond donors (Lipinski definition) is 0. The number of fused-ring (bicyclic) bond motifs is 1. The quantitative estimate of drug-likeness (QED) is 0.717. The lowest BCUT2D eigenvalue weighted by Crippen LogP contribution is -2.39. The van der Waals surface area contributed by atoms with Gasteiger partial charge in [-0.05, 0) is 46.1 Å². The number of piperidine rings is 1. The lowest BCUT2D eigenvalue weighted by molar-refractivity contribution is 0.0603. The van der Waals surface area contributed by atoms with E-state index in [1.165, 1.54) is 0 Å². The summed E-state index contributed by atoms with van der Waals surface area (Å²) in [5.41, 5.74) is 3.96. The number of amides is 1. The summed E-state index contributed by atoms with van der Waals surface area (Å²) >= 11 is 0. The SMILES string of the molecule is Cc1noc(C)c1C(=O)N1CCCC[C@@H]1c1cc(C)n2nccc2n1. The molecule has 1 fully saturated rings. The number of nitrogens with zero attached hydrogens (tertiary/aromatic N) is 5. The Kier molecular flexibility index (Phi) is 3.78. The molecule has 0 N–H and O–H groups in total. The largest absolute Gasteiger partial charge is 0.361 e. The molecule has 1 aliphatic rings. The standard InChI is InChI=1S/C18H21N5O2/c1-11-10-14(20-16-7-8-19-23(11)16)15-6-4-5-9-22(15)18(24)17-12(2)21-25-13(17)3/h7-8,10,15H,4-6,9H2,1-3H3/t15-/m1/s1. The number of likely N-dealkylation sites (tertiary alicyclic amines) is 1. The molecule has 1 amide bonds. The monoisotopic (exact) mass is 339 g/mol. The van der Waals surface area contributed by atoms with E-state index in [2.05, 4.69) is 10.3 Å². The molecule has 25 heavy (non-hydrogen) atoms. The van der Waals surface area contributed by atoms with Gasteiger partial charge in [-0.3, -0.25) is 4.79 Å². The minimum absolute atomic E-state index is 0.0196. The van der Waals surface area contributed by atoms with E-state index in [-0.39, 0.29) is 11.9 Å². The molecule has 0 aliphatic carbocycles. The summed E-state index contributed by atoms with van der Waals surface area (Å²) in [6.45, 7) is 6.32. The van der Waals surface area contributed by atoms with Crippen LogP contribution in [0.2, 0.25) is 0 Å². The van der Waals surface area contributed by atoms with E-state index in [0.29, 0.717) is 17.0 Å². The molecule has 4 rings (SSSR count). The zero-order valence-corrected chi connectivity index (χ0v) is 14.7.